The van der Waals surface area contributed by atoms with Gasteiger partial charge in [0.2, 0.25) is 0 Å². The lowest BCUT2D eigenvalue weighted by molar-refractivity contribution is 0.596. The molecule has 1 rings (SSSR count). The molecule has 0 nitrogen and oxygen atoms in total. The first kappa shape index (κ1) is 11.9. The van der Waals surface area contributed by atoms with Crippen molar-refractivity contribution < 1.29 is 0 Å². The highest BCUT2D eigenvalue weighted by molar-refractivity contribution is 6.42. The summed E-state index contributed by atoms with van der Waals surface area (Å²) in [5.74, 6) is 0.620. The van der Waals surface area contributed by atoms with E-state index in [9.17, 15) is 0 Å². The van der Waals surface area contributed by atoms with Crippen LogP contribution < -0.4 is 0 Å². The summed E-state index contributed by atoms with van der Waals surface area (Å²) in [6.07, 6.45) is 3.58. The van der Waals surface area contributed by atoms with Crippen LogP contribution in [-0.4, -0.2) is 0 Å². The van der Waals surface area contributed by atoms with Crippen molar-refractivity contribution in [1.82, 2.24) is 0 Å². The Morgan fingerprint density at radius 3 is 2.36 bits per heavy atom. The van der Waals surface area contributed by atoms with E-state index in [2.05, 4.69) is 19.9 Å². The lowest BCUT2D eigenvalue weighted by atomic mass is 9.92. The second kappa shape index (κ2) is 5.63. The van der Waals surface area contributed by atoms with Crippen LogP contribution in [0.25, 0.3) is 0 Å². The van der Waals surface area contributed by atoms with Gasteiger partial charge in [0.05, 0.1) is 10.0 Å². The van der Waals surface area contributed by atoms with Gasteiger partial charge in [-0.05, 0) is 36.5 Å². The summed E-state index contributed by atoms with van der Waals surface area (Å²) in [7, 11) is 0. The van der Waals surface area contributed by atoms with E-state index in [-0.39, 0.29) is 0 Å². The molecule has 0 bridgehead atoms. The molecule has 0 fully saturated rings. The SMILES string of the molecule is CCCC(CC)c1ccc(Cl)c(Cl)c1. The minimum absolute atomic E-state index is 0.620. The Labute approximate surface area is 96.2 Å². The van der Waals surface area contributed by atoms with Crippen molar-refractivity contribution in [3.8, 4) is 0 Å². The maximum Gasteiger partial charge on any atom is 0.0595 e. The molecule has 1 aromatic rings. The van der Waals surface area contributed by atoms with Crippen LogP contribution in [-0.2, 0) is 0 Å². The zero-order chi connectivity index (χ0) is 10.6. The Balaban J connectivity index is 2.88. The van der Waals surface area contributed by atoms with E-state index in [0.29, 0.717) is 16.0 Å². The summed E-state index contributed by atoms with van der Waals surface area (Å²) in [4.78, 5) is 0. The van der Waals surface area contributed by atoms with E-state index in [0.717, 1.165) is 6.42 Å². The molecule has 0 N–H and O–H groups in total. The molecule has 1 aromatic carbocycles. The summed E-state index contributed by atoms with van der Waals surface area (Å²) in [5, 5.41) is 1.31. The minimum atomic E-state index is 0.620. The van der Waals surface area contributed by atoms with E-state index in [1.165, 1.54) is 18.4 Å². The molecular weight excluding hydrogens is 215 g/mol. The second-order valence-electron chi connectivity index (χ2n) is 3.57. The summed E-state index contributed by atoms with van der Waals surface area (Å²) in [6.45, 7) is 4.42. The smallest absolute Gasteiger partial charge is 0.0595 e. The van der Waals surface area contributed by atoms with Gasteiger partial charge in [-0.1, -0.05) is 49.5 Å². The van der Waals surface area contributed by atoms with Crippen molar-refractivity contribution in [2.45, 2.75) is 39.0 Å². The third-order valence-corrected chi connectivity index (χ3v) is 3.28. The van der Waals surface area contributed by atoms with Crippen molar-refractivity contribution in [1.29, 1.82) is 0 Å². The third-order valence-electron chi connectivity index (χ3n) is 2.54. The first-order valence-electron chi connectivity index (χ1n) is 5.14. The van der Waals surface area contributed by atoms with E-state index in [1.807, 2.05) is 12.1 Å². The average molecular weight is 231 g/mol. The van der Waals surface area contributed by atoms with E-state index < -0.39 is 0 Å². The fourth-order valence-corrected chi connectivity index (χ4v) is 2.03. The molecule has 0 saturated heterocycles. The van der Waals surface area contributed by atoms with Crippen LogP contribution in [0.1, 0.15) is 44.6 Å². The predicted molar refractivity (Wildman–Crippen MR) is 64.4 cm³/mol. The van der Waals surface area contributed by atoms with Crippen molar-refractivity contribution in [2.24, 2.45) is 0 Å². The normalized spacial score (nSPS) is 12.9. The van der Waals surface area contributed by atoms with Crippen LogP contribution in [0.3, 0.4) is 0 Å². The fraction of sp³-hybridized carbons (Fsp3) is 0.500. The molecule has 0 amide bonds. The number of benzene rings is 1. The van der Waals surface area contributed by atoms with E-state index in [1.54, 1.807) is 0 Å². The molecule has 1 atom stereocenters. The monoisotopic (exact) mass is 230 g/mol. The van der Waals surface area contributed by atoms with Crippen LogP contribution in [0.4, 0.5) is 0 Å². The van der Waals surface area contributed by atoms with Gasteiger partial charge in [0.25, 0.3) is 0 Å². The molecule has 78 valence electrons. The molecule has 0 aliphatic heterocycles. The highest BCUT2D eigenvalue weighted by atomic mass is 35.5. The van der Waals surface area contributed by atoms with Crippen LogP contribution in [0, 0.1) is 0 Å². The van der Waals surface area contributed by atoms with Gasteiger partial charge in [-0.15, -0.1) is 0 Å². The molecule has 0 heterocycles. The molecule has 0 aromatic heterocycles. The highest BCUT2D eigenvalue weighted by Crippen LogP contribution is 2.30. The maximum atomic E-state index is 5.98. The Kier molecular flexibility index (Phi) is 4.77. The van der Waals surface area contributed by atoms with Crippen molar-refractivity contribution in [3.63, 3.8) is 0 Å². The van der Waals surface area contributed by atoms with Crippen molar-refractivity contribution in [2.75, 3.05) is 0 Å². The Hall–Kier alpha value is -0.200. The second-order valence-corrected chi connectivity index (χ2v) is 4.38. The standard InChI is InChI=1S/C12H16Cl2/c1-3-5-9(4-2)10-6-7-11(13)12(14)8-10/h6-9H,3-5H2,1-2H3. The average Bonchev–Trinajstić information content (AvgIpc) is 2.19. The molecule has 1 unspecified atom stereocenters. The lowest BCUT2D eigenvalue weighted by Crippen LogP contribution is -1.96. The Bertz CT molecular complexity index is 294. The Morgan fingerprint density at radius 2 is 1.86 bits per heavy atom. The van der Waals surface area contributed by atoms with Gasteiger partial charge in [-0.2, -0.15) is 0 Å². The van der Waals surface area contributed by atoms with Crippen LogP contribution in [0.15, 0.2) is 18.2 Å². The van der Waals surface area contributed by atoms with Gasteiger partial charge >= 0.3 is 0 Å². The number of halogens is 2. The van der Waals surface area contributed by atoms with Gasteiger partial charge in [0, 0.05) is 0 Å². The lowest BCUT2D eigenvalue weighted by Gasteiger charge is -2.14. The summed E-state index contributed by atoms with van der Waals surface area (Å²) >= 11 is 11.9. The summed E-state index contributed by atoms with van der Waals surface area (Å²) in [6, 6.07) is 5.96. The molecule has 0 radical (unpaired) electrons. The predicted octanol–water partition coefficient (Wildman–Crippen LogP) is 5.29. The summed E-state index contributed by atoms with van der Waals surface area (Å²) < 4.78 is 0. The largest absolute Gasteiger partial charge is 0.0827 e. The third kappa shape index (κ3) is 2.90. The van der Waals surface area contributed by atoms with Gasteiger partial charge < -0.3 is 0 Å². The molecule has 0 spiro atoms. The first-order valence-corrected chi connectivity index (χ1v) is 5.89. The van der Waals surface area contributed by atoms with Gasteiger partial charge in [0.1, 0.15) is 0 Å². The van der Waals surface area contributed by atoms with Gasteiger partial charge in [0.15, 0.2) is 0 Å². The number of hydrogen-bond donors (Lipinski definition) is 0. The van der Waals surface area contributed by atoms with Gasteiger partial charge in [-0.25, -0.2) is 0 Å². The molecule has 0 aliphatic carbocycles. The van der Waals surface area contributed by atoms with Crippen molar-refractivity contribution in [3.05, 3.63) is 33.8 Å². The number of hydrogen-bond acceptors (Lipinski definition) is 0. The molecule has 14 heavy (non-hydrogen) atoms. The molecule has 0 aliphatic rings. The first-order chi connectivity index (χ1) is 6.69. The minimum Gasteiger partial charge on any atom is -0.0827 e. The van der Waals surface area contributed by atoms with Crippen LogP contribution >= 0.6 is 23.2 Å². The zero-order valence-corrected chi connectivity index (χ0v) is 10.2. The molecule has 0 saturated carbocycles. The van der Waals surface area contributed by atoms with E-state index in [4.69, 9.17) is 23.2 Å². The maximum absolute atomic E-state index is 5.98. The molecular formula is C12H16Cl2. The Morgan fingerprint density at radius 1 is 1.14 bits per heavy atom. The van der Waals surface area contributed by atoms with Crippen LogP contribution in [0.2, 0.25) is 10.0 Å². The van der Waals surface area contributed by atoms with Gasteiger partial charge in [-0.3, -0.25) is 0 Å². The van der Waals surface area contributed by atoms with E-state index >= 15 is 0 Å². The highest BCUT2D eigenvalue weighted by Gasteiger charge is 2.09. The molecule has 2 heteroatoms. The van der Waals surface area contributed by atoms with Crippen LogP contribution in [0.5, 0.6) is 0 Å². The summed E-state index contributed by atoms with van der Waals surface area (Å²) in [5.41, 5.74) is 1.31. The fourth-order valence-electron chi connectivity index (χ4n) is 1.72. The van der Waals surface area contributed by atoms with Crippen molar-refractivity contribution >= 4 is 23.2 Å². The topological polar surface area (TPSA) is 0 Å². The quantitative estimate of drug-likeness (QED) is 0.660. The zero-order valence-electron chi connectivity index (χ0n) is 8.69. The number of rotatable bonds is 4.